The van der Waals surface area contributed by atoms with E-state index in [-0.39, 0.29) is 39.0 Å². The molecule has 7 heteroatoms. The number of methoxy groups -OCH3 is 2. The second-order valence-corrected chi connectivity index (χ2v) is 7.81. The van der Waals surface area contributed by atoms with Gasteiger partial charge in [0.1, 0.15) is 17.6 Å². The largest absolute Gasteiger partial charge is 0.496 e. The van der Waals surface area contributed by atoms with Crippen LogP contribution in [0.5, 0.6) is 11.5 Å². The topological polar surface area (TPSA) is 78.9 Å². The number of esters is 1. The highest BCUT2D eigenvalue weighted by atomic mass is 35.5. The number of halogens is 1. The quantitative estimate of drug-likeness (QED) is 0.403. The number of benzene rings is 2. The molecule has 0 bridgehead atoms. The molecular formula is C25H23ClO6. The molecule has 1 aliphatic rings. The third-order valence-electron chi connectivity index (χ3n) is 5.01. The number of allylic oxidation sites excluding steroid dienone is 3. The van der Waals surface area contributed by atoms with Crippen molar-refractivity contribution in [1.29, 1.82) is 0 Å². The Bertz CT molecular complexity index is 1140. The Balaban J connectivity index is 2.16. The molecule has 0 saturated carbocycles. The molecule has 0 heterocycles. The van der Waals surface area contributed by atoms with Gasteiger partial charge in [0, 0.05) is 12.0 Å². The van der Waals surface area contributed by atoms with E-state index >= 15 is 0 Å². The van der Waals surface area contributed by atoms with Crippen LogP contribution in [0.15, 0.2) is 54.1 Å². The van der Waals surface area contributed by atoms with E-state index in [0.717, 1.165) is 5.57 Å². The minimum atomic E-state index is -0.823. The number of carbonyl (C=O) groups excluding carboxylic acids is 3. The Hall–Kier alpha value is -3.38. The van der Waals surface area contributed by atoms with Gasteiger partial charge >= 0.3 is 5.97 Å². The summed E-state index contributed by atoms with van der Waals surface area (Å²) in [5.41, 5.74) is 1.86. The van der Waals surface area contributed by atoms with Gasteiger partial charge in [-0.1, -0.05) is 35.4 Å². The lowest BCUT2D eigenvalue weighted by Gasteiger charge is -2.24. The van der Waals surface area contributed by atoms with Crippen LogP contribution in [-0.2, 0) is 4.74 Å². The molecule has 1 unspecified atom stereocenters. The van der Waals surface area contributed by atoms with Crippen molar-refractivity contribution in [2.24, 2.45) is 0 Å². The predicted octanol–water partition coefficient (Wildman–Crippen LogP) is 5.55. The second-order valence-electron chi connectivity index (χ2n) is 7.40. The first-order chi connectivity index (χ1) is 15.3. The zero-order valence-corrected chi connectivity index (χ0v) is 19.0. The van der Waals surface area contributed by atoms with Crippen LogP contribution in [0, 0.1) is 0 Å². The van der Waals surface area contributed by atoms with Gasteiger partial charge in [0.2, 0.25) is 0 Å². The molecule has 0 fully saturated rings. The molecule has 166 valence electrons. The van der Waals surface area contributed by atoms with E-state index in [2.05, 4.69) is 0 Å². The Kier molecular flexibility index (Phi) is 7.15. The maximum absolute atomic E-state index is 12.9. The lowest BCUT2D eigenvalue weighted by atomic mass is 9.88. The van der Waals surface area contributed by atoms with Gasteiger partial charge in [-0.25, -0.2) is 4.79 Å². The van der Waals surface area contributed by atoms with Gasteiger partial charge < -0.3 is 14.2 Å². The van der Waals surface area contributed by atoms with Crippen molar-refractivity contribution in [2.75, 3.05) is 14.2 Å². The standard InChI is InChI=1S/C25H23ClO6/c1-14(2)9-12-20(32-25(29)15-7-5-6-8-17(15)26)16-13-21(30-3)22-18(27)10-11-19(28)23(22)24(16)31-4/h5-11,13,20H,12H2,1-4H3. The van der Waals surface area contributed by atoms with Crippen molar-refractivity contribution in [3.8, 4) is 11.5 Å². The Labute approximate surface area is 191 Å². The fourth-order valence-corrected chi connectivity index (χ4v) is 3.69. The summed E-state index contributed by atoms with van der Waals surface area (Å²) in [5, 5.41) is 0.263. The first-order valence-corrected chi connectivity index (χ1v) is 10.3. The average Bonchev–Trinajstić information content (AvgIpc) is 2.77. The van der Waals surface area contributed by atoms with Crippen LogP contribution in [0.4, 0.5) is 0 Å². The normalized spacial score (nSPS) is 13.3. The van der Waals surface area contributed by atoms with Crippen molar-refractivity contribution in [3.63, 3.8) is 0 Å². The highest BCUT2D eigenvalue weighted by molar-refractivity contribution is 6.33. The second kappa shape index (κ2) is 9.83. The maximum Gasteiger partial charge on any atom is 0.340 e. The molecule has 0 radical (unpaired) electrons. The fraction of sp³-hybridized carbons (Fsp3) is 0.240. The summed E-state index contributed by atoms with van der Waals surface area (Å²) in [6.45, 7) is 3.84. The van der Waals surface area contributed by atoms with Gasteiger partial charge in [-0.3, -0.25) is 9.59 Å². The van der Waals surface area contributed by atoms with E-state index in [1.807, 2.05) is 19.9 Å². The Morgan fingerprint density at radius 3 is 2.28 bits per heavy atom. The molecule has 0 amide bonds. The maximum atomic E-state index is 12.9. The number of rotatable bonds is 7. The monoisotopic (exact) mass is 454 g/mol. The molecule has 0 aliphatic heterocycles. The number of ketones is 2. The van der Waals surface area contributed by atoms with Gasteiger partial charge in [-0.15, -0.1) is 0 Å². The van der Waals surface area contributed by atoms with Crippen LogP contribution in [0.2, 0.25) is 5.02 Å². The molecule has 3 rings (SSSR count). The van der Waals surface area contributed by atoms with E-state index in [0.29, 0.717) is 12.0 Å². The molecule has 0 N–H and O–H groups in total. The summed E-state index contributed by atoms with van der Waals surface area (Å²) in [6.07, 6.45) is 3.79. The highest BCUT2D eigenvalue weighted by Crippen LogP contribution is 2.42. The SMILES string of the molecule is COc1cc(C(CC=C(C)C)OC(=O)c2ccccc2Cl)c(OC)c2c1C(=O)C=CC2=O. The number of hydrogen-bond acceptors (Lipinski definition) is 6. The van der Waals surface area contributed by atoms with Crippen LogP contribution in [0.3, 0.4) is 0 Å². The molecule has 0 saturated heterocycles. The Morgan fingerprint density at radius 2 is 1.69 bits per heavy atom. The van der Waals surface area contributed by atoms with Crippen LogP contribution in [-0.4, -0.2) is 31.8 Å². The average molecular weight is 455 g/mol. The number of carbonyl (C=O) groups is 3. The van der Waals surface area contributed by atoms with E-state index < -0.39 is 17.9 Å². The van der Waals surface area contributed by atoms with E-state index in [1.54, 1.807) is 30.3 Å². The summed E-state index contributed by atoms with van der Waals surface area (Å²) >= 11 is 6.17. The van der Waals surface area contributed by atoms with Crippen molar-refractivity contribution >= 4 is 29.1 Å². The molecule has 2 aromatic carbocycles. The summed E-state index contributed by atoms with van der Waals surface area (Å²) in [6, 6.07) is 8.15. The van der Waals surface area contributed by atoms with E-state index in [9.17, 15) is 14.4 Å². The zero-order chi connectivity index (χ0) is 23.4. The molecular weight excluding hydrogens is 432 g/mol. The number of ether oxygens (including phenoxy) is 3. The van der Waals surface area contributed by atoms with Gasteiger partial charge in [0.15, 0.2) is 11.6 Å². The molecule has 2 aromatic rings. The molecule has 1 aliphatic carbocycles. The Morgan fingerprint density at radius 1 is 1.03 bits per heavy atom. The van der Waals surface area contributed by atoms with Gasteiger partial charge in [0.25, 0.3) is 0 Å². The lowest BCUT2D eigenvalue weighted by molar-refractivity contribution is 0.0297. The minimum absolute atomic E-state index is 0.0883. The van der Waals surface area contributed by atoms with E-state index in [1.165, 1.54) is 26.4 Å². The van der Waals surface area contributed by atoms with E-state index in [4.69, 9.17) is 25.8 Å². The highest BCUT2D eigenvalue weighted by Gasteiger charge is 2.33. The molecule has 0 spiro atoms. The van der Waals surface area contributed by atoms with Crippen molar-refractivity contribution in [1.82, 2.24) is 0 Å². The van der Waals surface area contributed by atoms with Crippen molar-refractivity contribution < 1.29 is 28.6 Å². The van der Waals surface area contributed by atoms with Gasteiger partial charge in [-0.2, -0.15) is 0 Å². The third-order valence-corrected chi connectivity index (χ3v) is 5.33. The van der Waals surface area contributed by atoms with Crippen molar-refractivity contribution in [3.05, 3.63) is 81.4 Å². The summed E-state index contributed by atoms with van der Waals surface area (Å²) in [5.74, 6) is -1.01. The van der Waals surface area contributed by atoms with Crippen LogP contribution in [0.1, 0.15) is 63.0 Å². The first kappa shape index (κ1) is 23.3. The van der Waals surface area contributed by atoms with Crippen LogP contribution < -0.4 is 9.47 Å². The van der Waals surface area contributed by atoms with Crippen LogP contribution in [0.25, 0.3) is 0 Å². The van der Waals surface area contributed by atoms with Gasteiger partial charge in [-0.05, 0) is 44.2 Å². The zero-order valence-electron chi connectivity index (χ0n) is 18.2. The van der Waals surface area contributed by atoms with Gasteiger partial charge in [0.05, 0.1) is 35.9 Å². The number of fused-ring (bicyclic) bond motifs is 1. The van der Waals surface area contributed by atoms with Crippen molar-refractivity contribution in [2.45, 2.75) is 26.4 Å². The summed E-state index contributed by atoms with van der Waals surface area (Å²) in [4.78, 5) is 38.1. The number of hydrogen-bond donors (Lipinski definition) is 0. The van der Waals surface area contributed by atoms with Crippen LogP contribution >= 0.6 is 11.6 Å². The minimum Gasteiger partial charge on any atom is -0.496 e. The summed E-state index contributed by atoms with van der Waals surface area (Å²) < 4.78 is 16.8. The smallest absolute Gasteiger partial charge is 0.340 e. The molecule has 32 heavy (non-hydrogen) atoms. The molecule has 0 aromatic heterocycles. The first-order valence-electron chi connectivity index (χ1n) is 9.93. The third kappa shape index (κ3) is 4.60. The predicted molar refractivity (Wildman–Crippen MR) is 121 cm³/mol. The molecule has 1 atom stereocenters. The fourth-order valence-electron chi connectivity index (χ4n) is 3.48. The summed E-state index contributed by atoms with van der Waals surface area (Å²) in [7, 11) is 2.80. The lowest BCUT2D eigenvalue weighted by Crippen LogP contribution is -2.19. The molecule has 6 nitrogen and oxygen atoms in total.